The third kappa shape index (κ3) is 7.05. The van der Waals surface area contributed by atoms with Crippen LogP contribution in [-0.2, 0) is 4.79 Å². The Morgan fingerprint density at radius 3 is 2.16 bits per heavy atom. The van der Waals surface area contributed by atoms with Crippen LogP contribution in [0.2, 0.25) is 0 Å². The van der Waals surface area contributed by atoms with Gasteiger partial charge in [0.15, 0.2) is 6.61 Å². The van der Waals surface area contributed by atoms with Gasteiger partial charge in [-0.2, -0.15) is 0 Å². The van der Waals surface area contributed by atoms with Crippen molar-refractivity contribution in [2.24, 2.45) is 0 Å². The summed E-state index contributed by atoms with van der Waals surface area (Å²) < 4.78 is 16.8. The molecule has 3 aromatic rings. The van der Waals surface area contributed by atoms with Crippen LogP contribution in [-0.4, -0.2) is 38.2 Å². The lowest BCUT2D eigenvalue weighted by atomic mass is 10.2. The van der Waals surface area contributed by atoms with Crippen LogP contribution < -0.4 is 24.8 Å². The Hall–Kier alpha value is -4.00. The van der Waals surface area contributed by atoms with Gasteiger partial charge in [0.05, 0.1) is 5.56 Å². The SMILES string of the molecule is CCNC(=O)COc1ccc(NC(=O)c2ccccc2OCCOc2ccccc2)cc1. The third-order valence-electron chi connectivity index (χ3n) is 4.34. The zero-order chi connectivity index (χ0) is 22.6. The van der Waals surface area contributed by atoms with Gasteiger partial charge in [-0.15, -0.1) is 0 Å². The predicted molar refractivity (Wildman–Crippen MR) is 122 cm³/mol. The molecule has 0 heterocycles. The average Bonchev–Trinajstić information content (AvgIpc) is 2.82. The number of rotatable bonds is 11. The molecule has 2 N–H and O–H groups in total. The molecular formula is C25H26N2O5. The molecule has 0 bridgehead atoms. The molecule has 0 radical (unpaired) electrons. The van der Waals surface area contributed by atoms with Gasteiger partial charge < -0.3 is 24.8 Å². The minimum absolute atomic E-state index is 0.0573. The van der Waals surface area contributed by atoms with E-state index >= 15 is 0 Å². The fraction of sp³-hybridized carbons (Fsp3) is 0.200. The van der Waals surface area contributed by atoms with Gasteiger partial charge in [-0.05, 0) is 55.5 Å². The highest BCUT2D eigenvalue weighted by Gasteiger charge is 2.13. The maximum atomic E-state index is 12.8. The summed E-state index contributed by atoms with van der Waals surface area (Å²) in [5.41, 5.74) is 1.02. The topological polar surface area (TPSA) is 85.9 Å². The van der Waals surface area contributed by atoms with Gasteiger partial charge in [0.2, 0.25) is 0 Å². The zero-order valence-corrected chi connectivity index (χ0v) is 17.9. The second-order valence-corrected chi connectivity index (χ2v) is 6.73. The Balaban J connectivity index is 1.52. The summed E-state index contributed by atoms with van der Waals surface area (Å²) in [6, 6.07) is 23.3. The van der Waals surface area contributed by atoms with E-state index in [1.807, 2.05) is 43.3 Å². The summed E-state index contributed by atoms with van der Waals surface area (Å²) in [7, 11) is 0. The summed E-state index contributed by atoms with van der Waals surface area (Å²) >= 11 is 0. The molecule has 2 amide bonds. The van der Waals surface area contributed by atoms with Crippen LogP contribution in [0.4, 0.5) is 5.69 Å². The van der Waals surface area contributed by atoms with Crippen molar-refractivity contribution in [3.05, 3.63) is 84.4 Å². The smallest absolute Gasteiger partial charge is 0.259 e. The highest BCUT2D eigenvalue weighted by atomic mass is 16.5. The molecule has 0 fully saturated rings. The number of ether oxygens (including phenoxy) is 3. The van der Waals surface area contributed by atoms with E-state index in [1.54, 1.807) is 42.5 Å². The molecule has 7 nitrogen and oxygen atoms in total. The molecule has 166 valence electrons. The van der Waals surface area contributed by atoms with E-state index in [2.05, 4.69) is 10.6 Å². The fourth-order valence-corrected chi connectivity index (χ4v) is 2.84. The summed E-state index contributed by atoms with van der Waals surface area (Å²) in [6.45, 7) is 3.00. The van der Waals surface area contributed by atoms with E-state index in [1.165, 1.54) is 0 Å². The molecule has 0 atom stereocenters. The van der Waals surface area contributed by atoms with Gasteiger partial charge >= 0.3 is 0 Å². The molecule has 3 aromatic carbocycles. The molecule has 0 unspecified atom stereocenters. The van der Waals surface area contributed by atoms with Gasteiger partial charge in [0, 0.05) is 12.2 Å². The number of carbonyl (C=O) groups is 2. The van der Waals surface area contributed by atoms with E-state index in [9.17, 15) is 9.59 Å². The van der Waals surface area contributed by atoms with E-state index in [0.29, 0.717) is 42.5 Å². The second-order valence-electron chi connectivity index (χ2n) is 6.73. The molecule has 32 heavy (non-hydrogen) atoms. The van der Waals surface area contributed by atoms with E-state index < -0.39 is 0 Å². The number of para-hydroxylation sites is 2. The first kappa shape index (κ1) is 22.7. The van der Waals surface area contributed by atoms with E-state index in [4.69, 9.17) is 14.2 Å². The predicted octanol–water partition coefficient (Wildman–Crippen LogP) is 3.91. The minimum Gasteiger partial charge on any atom is -0.490 e. The Morgan fingerprint density at radius 1 is 0.750 bits per heavy atom. The normalized spacial score (nSPS) is 10.2. The van der Waals surface area contributed by atoms with E-state index in [0.717, 1.165) is 5.75 Å². The van der Waals surface area contributed by atoms with Gasteiger partial charge in [-0.3, -0.25) is 9.59 Å². The molecule has 0 aromatic heterocycles. The number of anilines is 1. The molecule has 0 saturated carbocycles. The lowest BCUT2D eigenvalue weighted by molar-refractivity contribution is -0.122. The quantitative estimate of drug-likeness (QED) is 0.447. The Morgan fingerprint density at radius 2 is 1.41 bits per heavy atom. The molecule has 0 aliphatic carbocycles. The Kier molecular flexibility index (Phi) is 8.50. The molecular weight excluding hydrogens is 408 g/mol. The van der Waals surface area contributed by atoms with Crippen molar-refractivity contribution in [2.45, 2.75) is 6.92 Å². The van der Waals surface area contributed by atoms with Gasteiger partial charge in [0.1, 0.15) is 30.5 Å². The largest absolute Gasteiger partial charge is 0.490 e. The van der Waals surface area contributed by atoms with E-state index in [-0.39, 0.29) is 18.4 Å². The lowest BCUT2D eigenvalue weighted by Crippen LogP contribution is -2.28. The van der Waals surface area contributed by atoms with Crippen LogP contribution in [0.1, 0.15) is 17.3 Å². The van der Waals surface area contributed by atoms with Crippen LogP contribution in [0.15, 0.2) is 78.9 Å². The first-order chi connectivity index (χ1) is 15.7. The molecule has 0 aliphatic heterocycles. The van der Waals surface area contributed by atoms with Crippen molar-refractivity contribution in [2.75, 3.05) is 31.7 Å². The molecule has 3 rings (SSSR count). The Bertz CT molecular complexity index is 1010. The van der Waals surface area contributed by atoms with Crippen molar-refractivity contribution in [1.29, 1.82) is 0 Å². The summed E-state index contributed by atoms with van der Waals surface area (Å²) in [5.74, 6) is 1.30. The highest BCUT2D eigenvalue weighted by Crippen LogP contribution is 2.21. The lowest BCUT2D eigenvalue weighted by Gasteiger charge is -2.13. The number of amides is 2. The maximum absolute atomic E-state index is 12.8. The number of benzene rings is 3. The highest BCUT2D eigenvalue weighted by molar-refractivity contribution is 6.06. The average molecular weight is 434 g/mol. The standard InChI is InChI=1S/C25H26N2O5/c1-2-26-24(28)18-32-21-14-12-19(13-15-21)27-25(29)22-10-6-7-11-23(22)31-17-16-30-20-8-4-3-5-9-20/h3-15H,2,16-18H2,1H3,(H,26,28)(H,27,29). The monoisotopic (exact) mass is 434 g/mol. The maximum Gasteiger partial charge on any atom is 0.259 e. The summed E-state index contributed by atoms with van der Waals surface area (Å²) in [4.78, 5) is 24.2. The van der Waals surface area contributed by atoms with Gasteiger partial charge in [-0.1, -0.05) is 30.3 Å². The van der Waals surface area contributed by atoms with Crippen molar-refractivity contribution in [1.82, 2.24) is 5.32 Å². The number of carbonyl (C=O) groups excluding carboxylic acids is 2. The molecule has 0 spiro atoms. The van der Waals surface area contributed by atoms with Crippen LogP contribution in [0, 0.1) is 0 Å². The molecule has 0 aliphatic rings. The molecule has 7 heteroatoms. The van der Waals surface area contributed by atoms with Crippen LogP contribution in [0.3, 0.4) is 0 Å². The number of hydrogen-bond donors (Lipinski definition) is 2. The number of nitrogens with one attached hydrogen (secondary N) is 2. The van der Waals surface area contributed by atoms with Gasteiger partial charge in [-0.25, -0.2) is 0 Å². The first-order valence-corrected chi connectivity index (χ1v) is 10.4. The first-order valence-electron chi connectivity index (χ1n) is 10.4. The van der Waals surface area contributed by atoms with Crippen molar-refractivity contribution in [3.8, 4) is 17.2 Å². The molecule has 0 saturated heterocycles. The second kappa shape index (κ2) is 12.0. The van der Waals surface area contributed by atoms with Crippen molar-refractivity contribution >= 4 is 17.5 Å². The minimum atomic E-state index is -0.291. The van der Waals surface area contributed by atoms with Crippen molar-refractivity contribution < 1.29 is 23.8 Å². The van der Waals surface area contributed by atoms with Gasteiger partial charge in [0.25, 0.3) is 11.8 Å². The van der Waals surface area contributed by atoms with Crippen LogP contribution in [0.5, 0.6) is 17.2 Å². The fourth-order valence-electron chi connectivity index (χ4n) is 2.84. The van der Waals surface area contributed by atoms with Crippen LogP contribution >= 0.6 is 0 Å². The summed E-state index contributed by atoms with van der Waals surface area (Å²) in [5, 5.41) is 5.50. The third-order valence-corrected chi connectivity index (χ3v) is 4.34. The number of hydrogen-bond acceptors (Lipinski definition) is 5. The number of likely N-dealkylation sites (N-methyl/N-ethyl adjacent to an activating group) is 1. The van der Waals surface area contributed by atoms with Crippen molar-refractivity contribution in [3.63, 3.8) is 0 Å². The zero-order valence-electron chi connectivity index (χ0n) is 17.9. The summed E-state index contributed by atoms with van der Waals surface area (Å²) in [6.07, 6.45) is 0. The Labute approximate surface area is 187 Å². The van der Waals surface area contributed by atoms with Crippen LogP contribution in [0.25, 0.3) is 0 Å².